The Morgan fingerprint density at radius 1 is 0.837 bits per heavy atom. The molecular weight excluding hydrogens is 663 g/mol. The molecule has 0 unspecified atom stereocenters. The standard InChI is InChI=1S/C34H31FN2O11S/c1-49(43,44)46-19-11-18-25-20-36(34(42)37(30(25)39)29(38)22-12-5-2-6-13-22)31-27(35)28(48-33(41)24-16-9-4-10-17-24)26(47-31)21-45-32(40)23-14-7-3-8-15-23/h2-10,12-17,20,26-28,31H,11,18-19,21H2,1H3/t26-,27+,28-,31-/m1/s1. The SMILES string of the molecule is CS(=O)(=O)OCCCc1cn([C@@H]2O[C@H](COC(=O)c3ccccc3)[C@@H](OC(=O)c3ccccc3)[C@@H]2F)c(=O)n(C(=O)c2ccccc2)c1=O. The largest absolute Gasteiger partial charge is 0.459 e. The van der Waals surface area contributed by atoms with E-state index in [0.717, 1.165) is 12.5 Å². The number of ether oxygens (including phenoxy) is 3. The van der Waals surface area contributed by atoms with Crippen LogP contribution in [0.4, 0.5) is 4.39 Å². The average Bonchev–Trinajstić information content (AvgIpc) is 3.40. The number of esters is 2. The van der Waals surface area contributed by atoms with Crippen LogP contribution in [0.15, 0.2) is 107 Å². The van der Waals surface area contributed by atoms with E-state index in [4.69, 9.17) is 18.4 Å². The number of nitrogens with zero attached hydrogens (tertiary/aromatic N) is 2. The van der Waals surface area contributed by atoms with Crippen LogP contribution in [0, 0.1) is 0 Å². The highest BCUT2D eigenvalue weighted by Crippen LogP contribution is 2.34. The number of aromatic nitrogens is 2. The third kappa shape index (κ3) is 8.43. The van der Waals surface area contributed by atoms with E-state index in [9.17, 15) is 32.4 Å². The predicted octanol–water partition coefficient (Wildman–Crippen LogP) is 2.93. The lowest BCUT2D eigenvalue weighted by molar-refractivity contribution is -0.0595. The van der Waals surface area contributed by atoms with Crippen molar-refractivity contribution in [2.24, 2.45) is 0 Å². The molecular formula is C34H31FN2O11S. The van der Waals surface area contributed by atoms with Crippen molar-refractivity contribution in [3.05, 3.63) is 140 Å². The van der Waals surface area contributed by atoms with E-state index in [1.807, 2.05) is 0 Å². The first-order valence-electron chi connectivity index (χ1n) is 15.0. The Balaban J connectivity index is 1.51. The van der Waals surface area contributed by atoms with Crippen LogP contribution in [-0.4, -0.2) is 73.2 Å². The minimum absolute atomic E-state index is 0.0182. The molecule has 1 fully saturated rings. The summed E-state index contributed by atoms with van der Waals surface area (Å²) in [5.41, 5.74) is -2.15. The number of rotatable bonds is 12. The fourth-order valence-corrected chi connectivity index (χ4v) is 5.53. The number of hydrogen-bond acceptors (Lipinski definition) is 11. The zero-order valence-electron chi connectivity index (χ0n) is 26.0. The topological polar surface area (TPSA) is 166 Å². The molecule has 1 aliphatic heterocycles. The van der Waals surface area contributed by atoms with Crippen molar-refractivity contribution in [1.82, 2.24) is 9.13 Å². The van der Waals surface area contributed by atoms with E-state index in [2.05, 4.69) is 0 Å². The predicted molar refractivity (Wildman–Crippen MR) is 171 cm³/mol. The van der Waals surface area contributed by atoms with Gasteiger partial charge in [-0.05, 0) is 49.2 Å². The third-order valence-electron chi connectivity index (χ3n) is 7.48. The summed E-state index contributed by atoms with van der Waals surface area (Å²) in [5, 5.41) is 0. The lowest BCUT2D eigenvalue weighted by Gasteiger charge is -2.20. The van der Waals surface area contributed by atoms with Crippen LogP contribution < -0.4 is 11.2 Å². The van der Waals surface area contributed by atoms with Crippen molar-refractivity contribution < 1.29 is 45.6 Å². The molecule has 1 saturated heterocycles. The summed E-state index contributed by atoms with van der Waals surface area (Å²) < 4.78 is 61.8. The normalized spacial score (nSPS) is 18.9. The number of aryl methyl sites for hydroxylation is 1. The number of carbonyl (C=O) groups is 3. The molecule has 13 nitrogen and oxygen atoms in total. The molecule has 4 atom stereocenters. The lowest BCUT2D eigenvalue weighted by Crippen LogP contribution is -2.47. The molecule has 15 heteroatoms. The Morgan fingerprint density at radius 2 is 1.39 bits per heavy atom. The second-order valence-electron chi connectivity index (χ2n) is 11.0. The lowest BCUT2D eigenvalue weighted by atomic mass is 10.1. The van der Waals surface area contributed by atoms with Crippen LogP contribution in [0.1, 0.15) is 49.3 Å². The zero-order valence-corrected chi connectivity index (χ0v) is 26.9. The van der Waals surface area contributed by atoms with Crippen molar-refractivity contribution in [3.63, 3.8) is 0 Å². The van der Waals surface area contributed by atoms with Gasteiger partial charge in [0.05, 0.1) is 24.0 Å². The highest BCUT2D eigenvalue weighted by molar-refractivity contribution is 7.85. The van der Waals surface area contributed by atoms with Gasteiger partial charge in [0, 0.05) is 17.3 Å². The Bertz CT molecular complexity index is 2040. The molecule has 2 heterocycles. The van der Waals surface area contributed by atoms with Crippen molar-refractivity contribution in [2.45, 2.75) is 37.4 Å². The van der Waals surface area contributed by atoms with Gasteiger partial charge in [0.2, 0.25) is 0 Å². The molecule has 4 aromatic rings. The Morgan fingerprint density at radius 3 is 1.96 bits per heavy atom. The van der Waals surface area contributed by atoms with Crippen molar-refractivity contribution in [2.75, 3.05) is 19.5 Å². The summed E-state index contributed by atoms with van der Waals surface area (Å²) >= 11 is 0. The van der Waals surface area contributed by atoms with Gasteiger partial charge in [-0.1, -0.05) is 54.6 Å². The van der Waals surface area contributed by atoms with Crippen LogP contribution in [0.2, 0.25) is 0 Å². The van der Waals surface area contributed by atoms with Gasteiger partial charge in [-0.15, -0.1) is 0 Å². The molecule has 3 aromatic carbocycles. The van der Waals surface area contributed by atoms with E-state index in [1.165, 1.54) is 48.5 Å². The quantitative estimate of drug-likeness (QED) is 0.122. The van der Waals surface area contributed by atoms with Crippen LogP contribution in [0.25, 0.3) is 0 Å². The maximum absolute atomic E-state index is 16.5. The second-order valence-corrected chi connectivity index (χ2v) is 12.6. The van der Waals surface area contributed by atoms with Gasteiger partial charge in [-0.3, -0.25) is 18.3 Å². The number of hydrogen-bond donors (Lipinski definition) is 0. The van der Waals surface area contributed by atoms with E-state index in [1.54, 1.807) is 42.5 Å². The molecule has 5 rings (SSSR count). The van der Waals surface area contributed by atoms with Crippen LogP contribution in [0.5, 0.6) is 0 Å². The Labute approximate surface area is 279 Å². The highest BCUT2D eigenvalue weighted by Gasteiger charge is 2.50. The summed E-state index contributed by atoms with van der Waals surface area (Å²) in [6.07, 6.45) is -5.59. The molecule has 49 heavy (non-hydrogen) atoms. The van der Waals surface area contributed by atoms with E-state index in [-0.39, 0.29) is 41.7 Å². The molecule has 1 aliphatic rings. The van der Waals surface area contributed by atoms with Crippen LogP contribution in [-0.2, 0) is 34.9 Å². The summed E-state index contributed by atoms with van der Waals surface area (Å²) in [7, 11) is -3.79. The molecule has 256 valence electrons. The molecule has 0 spiro atoms. The fourth-order valence-electron chi connectivity index (χ4n) is 5.11. The van der Waals surface area contributed by atoms with Gasteiger partial charge < -0.3 is 14.2 Å². The molecule has 1 aromatic heterocycles. The Kier molecular flexibility index (Phi) is 11.0. The monoisotopic (exact) mass is 694 g/mol. The summed E-state index contributed by atoms with van der Waals surface area (Å²) in [4.78, 5) is 66.5. The zero-order chi connectivity index (χ0) is 35.1. The molecule has 0 aliphatic carbocycles. The van der Waals surface area contributed by atoms with Crippen molar-refractivity contribution >= 4 is 28.0 Å². The fraction of sp³-hybridized carbons (Fsp3) is 0.265. The summed E-state index contributed by atoms with van der Waals surface area (Å²) in [5.74, 6) is -2.69. The van der Waals surface area contributed by atoms with Gasteiger partial charge in [-0.2, -0.15) is 13.0 Å². The Hall–Kier alpha value is -5.25. The van der Waals surface area contributed by atoms with Crippen LogP contribution >= 0.6 is 0 Å². The molecule has 0 radical (unpaired) electrons. The maximum Gasteiger partial charge on any atom is 0.340 e. The number of carbonyl (C=O) groups excluding carboxylic acids is 3. The molecule has 0 bridgehead atoms. The van der Waals surface area contributed by atoms with Gasteiger partial charge in [0.25, 0.3) is 21.6 Å². The van der Waals surface area contributed by atoms with Gasteiger partial charge in [0.1, 0.15) is 12.7 Å². The first-order chi connectivity index (χ1) is 23.4. The van der Waals surface area contributed by atoms with Gasteiger partial charge in [0.15, 0.2) is 18.5 Å². The average molecular weight is 695 g/mol. The van der Waals surface area contributed by atoms with Crippen molar-refractivity contribution in [1.29, 1.82) is 0 Å². The summed E-state index contributed by atoms with van der Waals surface area (Å²) in [6, 6.07) is 23.1. The van der Waals surface area contributed by atoms with Gasteiger partial charge in [-0.25, -0.2) is 18.8 Å². The smallest absolute Gasteiger partial charge is 0.340 e. The van der Waals surface area contributed by atoms with Crippen molar-refractivity contribution in [3.8, 4) is 0 Å². The maximum atomic E-state index is 16.5. The van der Waals surface area contributed by atoms with E-state index < -0.39 is 70.4 Å². The second kappa shape index (κ2) is 15.3. The van der Waals surface area contributed by atoms with Crippen LogP contribution in [0.3, 0.4) is 0 Å². The minimum Gasteiger partial charge on any atom is -0.459 e. The minimum atomic E-state index is -3.79. The highest BCUT2D eigenvalue weighted by atomic mass is 32.2. The number of benzene rings is 3. The van der Waals surface area contributed by atoms with E-state index in [0.29, 0.717) is 9.13 Å². The molecule has 0 N–H and O–H groups in total. The number of alkyl halides is 1. The first-order valence-corrected chi connectivity index (χ1v) is 16.8. The third-order valence-corrected chi connectivity index (χ3v) is 8.07. The number of halogens is 1. The first kappa shape index (κ1) is 35.1. The molecule has 0 amide bonds. The molecule has 0 saturated carbocycles. The summed E-state index contributed by atoms with van der Waals surface area (Å²) in [6.45, 7) is -0.910. The van der Waals surface area contributed by atoms with E-state index >= 15 is 4.39 Å². The van der Waals surface area contributed by atoms with Gasteiger partial charge >= 0.3 is 17.6 Å².